The number of benzene rings is 9. The van der Waals surface area contributed by atoms with Gasteiger partial charge in [-0.25, -0.2) is 0 Å². The van der Waals surface area contributed by atoms with E-state index in [1.165, 1.54) is 47.6 Å². The summed E-state index contributed by atoms with van der Waals surface area (Å²) in [7, 11) is 0. The molecule has 0 atom stereocenters. The second kappa shape index (κ2) is 13.1. The van der Waals surface area contributed by atoms with Crippen LogP contribution in [0.4, 0.5) is 17.1 Å². The highest BCUT2D eigenvalue weighted by Gasteiger charge is 2.24. The summed E-state index contributed by atoms with van der Waals surface area (Å²) in [5, 5.41) is 7.20. The number of thiophene rings is 1. The van der Waals surface area contributed by atoms with Crippen LogP contribution in [0, 0.1) is 0 Å². The first-order chi connectivity index (χ1) is 28.8. The minimum Gasteiger partial charge on any atom is -0.456 e. The van der Waals surface area contributed by atoms with Gasteiger partial charge in [0, 0.05) is 76.1 Å². The lowest BCUT2D eigenvalue weighted by Crippen LogP contribution is -2.09. The smallest absolute Gasteiger partial charge is 0.138 e. The summed E-state index contributed by atoms with van der Waals surface area (Å²) < 4.78 is 11.7. The van der Waals surface area contributed by atoms with Gasteiger partial charge in [0.1, 0.15) is 11.2 Å². The van der Waals surface area contributed by atoms with Gasteiger partial charge in [0.05, 0.1) is 11.0 Å². The second-order valence-corrected chi connectivity index (χ2v) is 16.0. The van der Waals surface area contributed by atoms with E-state index < -0.39 is 0 Å². The summed E-state index contributed by atoms with van der Waals surface area (Å²) in [6.07, 6.45) is 0. The van der Waals surface area contributed by atoms with Gasteiger partial charge in [-0.15, -0.1) is 11.3 Å². The standard InChI is InChI=1S/C54H34N2OS/c1-4-14-35(15-5-1)36-24-26-37(27-25-36)52-53-45-32-40(55(38-16-6-2-7-17-38)41-28-30-43-42-20-11-13-23-50(42)58-51(43)33-41)29-31-46(45)56(39-18-8-3-9-19-39)47(53)34-49-54(52)44-21-10-12-22-48(44)57-49/h1-34H. The predicted octanol–water partition coefficient (Wildman–Crippen LogP) is 15.9. The van der Waals surface area contributed by atoms with Crippen molar-refractivity contribution in [1.29, 1.82) is 0 Å². The Morgan fingerprint density at radius 3 is 1.81 bits per heavy atom. The summed E-state index contributed by atoms with van der Waals surface area (Å²) >= 11 is 1.85. The topological polar surface area (TPSA) is 21.3 Å². The summed E-state index contributed by atoms with van der Waals surface area (Å²) in [5.74, 6) is 0. The molecule has 3 heterocycles. The molecule has 0 aliphatic carbocycles. The molecule has 272 valence electrons. The van der Waals surface area contributed by atoms with Gasteiger partial charge in [0.25, 0.3) is 0 Å². The van der Waals surface area contributed by atoms with Crippen LogP contribution < -0.4 is 4.90 Å². The molecular weight excluding hydrogens is 725 g/mol. The lowest BCUT2D eigenvalue weighted by Gasteiger charge is -2.26. The highest BCUT2D eigenvalue weighted by atomic mass is 32.1. The maximum absolute atomic E-state index is 6.72. The first kappa shape index (κ1) is 32.8. The van der Waals surface area contributed by atoms with Gasteiger partial charge in [0.15, 0.2) is 0 Å². The third-order valence-electron chi connectivity index (χ3n) is 11.6. The van der Waals surface area contributed by atoms with Crippen molar-refractivity contribution < 1.29 is 4.42 Å². The molecule has 0 aliphatic rings. The number of fused-ring (bicyclic) bond motifs is 9. The Morgan fingerprint density at radius 1 is 0.379 bits per heavy atom. The number of hydrogen-bond donors (Lipinski definition) is 0. The van der Waals surface area contributed by atoms with Gasteiger partial charge in [0.2, 0.25) is 0 Å². The summed E-state index contributed by atoms with van der Waals surface area (Å²) in [6, 6.07) is 74.4. The number of para-hydroxylation sites is 3. The number of nitrogens with zero attached hydrogens (tertiary/aromatic N) is 2. The van der Waals surface area contributed by atoms with Gasteiger partial charge < -0.3 is 13.9 Å². The van der Waals surface area contributed by atoms with Crippen LogP contribution in [0.1, 0.15) is 0 Å². The first-order valence-electron chi connectivity index (χ1n) is 19.7. The van der Waals surface area contributed by atoms with E-state index in [-0.39, 0.29) is 0 Å². The van der Waals surface area contributed by atoms with Gasteiger partial charge in [-0.2, -0.15) is 0 Å². The van der Waals surface area contributed by atoms with Crippen LogP contribution >= 0.6 is 11.3 Å². The van der Waals surface area contributed by atoms with Crippen LogP contribution in [0.15, 0.2) is 211 Å². The molecule has 0 fully saturated rings. The Kier molecular flexibility index (Phi) is 7.40. The molecule has 0 aliphatic heterocycles. The number of rotatable bonds is 6. The van der Waals surface area contributed by atoms with Crippen LogP contribution in [-0.2, 0) is 0 Å². The average Bonchev–Trinajstić information content (AvgIpc) is 3.96. The summed E-state index contributed by atoms with van der Waals surface area (Å²) in [5.41, 5.74) is 13.1. The fraction of sp³-hybridized carbons (Fsp3) is 0. The molecular formula is C54H34N2OS. The zero-order valence-corrected chi connectivity index (χ0v) is 32.2. The van der Waals surface area contributed by atoms with Gasteiger partial charge in [-0.3, -0.25) is 0 Å². The fourth-order valence-electron chi connectivity index (χ4n) is 8.99. The summed E-state index contributed by atoms with van der Waals surface area (Å²) in [6.45, 7) is 0. The first-order valence-corrected chi connectivity index (χ1v) is 20.5. The van der Waals surface area contributed by atoms with Crippen molar-refractivity contribution in [2.24, 2.45) is 0 Å². The Bertz CT molecular complexity index is 3490. The van der Waals surface area contributed by atoms with Crippen molar-refractivity contribution in [1.82, 2.24) is 4.57 Å². The molecule has 0 saturated carbocycles. The van der Waals surface area contributed by atoms with Gasteiger partial charge >= 0.3 is 0 Å². The lowest BCUT2D eigenvalue weighted by molar-refractivity contribution is 0.669. The van der Waals surface area contributed by atoms with E-state index >= 15 is 0 Å². The molecule has 9 aromatic carbocycles. The highest BCUT2D eigenvalue weighted by Crippen LogP contribution is 2.48. The van der Waals surface area contributed by atoms with Crippen molar-refractivity contribution in [3.63, 3.8) is 0 Å². The fourth-order valence-corrected chi connectivity index (χ4v) is 10.1. The van der Waals surface area contributed by atoms with Crippen molar-refractivity contribution in [2.75, 3.05) is 4.90 Å². The van der Waals surface area contributed by atoms with Gasteiger partial charge in [-0.1, -0.05) is 133 Å². The molecule has 4 heteroatoms. The molecule has 0 radical (unpaired) electrons. The summed E-state index contributed by atoms with van der Waals surface area (Å²) in [4.78, 5) is 2.40. The number of aromatic nitrogens is 1. The van der Waals surface area contributed by atoms with E-state index in [2.05, 4.69) is 216 Å². The van der Waals surface area contributed by atoms with Crippen molar-refractivity contribution >= 4 is 92.3 Å². The maximum Gasteiger partial charge on any atom is 0.138 e. The van der Waals surface area contributed by atoms with Crippen molar-refractivity contribution in [3.8, 4) is 27.9 Å². The molecule has 0 spiro atoms. The van der Waals surface area contributed by atoms with E-state index in [9.17, 15) is 0 Å². The van der Waals surface area contributed by atoms with Gasteiger partial charge in [-0.05, 0) is 83.4 Å². The van der Waals surface area contributed by atoms with E-state index in [1.54, 1.807) is 0 Å². The lowest BCUT2D eigenvalue weighted by atomic mass is 9.93. The monoisotopic (exact) mass is 758 g/mol. The third-order valence-corrected chi connectivity index (χ3v) is 12.7. The Labute approximate surface area is 338 Å². The van der Waals surface area contributed by atoms with Crippen LogP contribution in [0.3, 0.4) is 0 Å². The number of hydrogen-bond acceptors (Lipinski definition) is 3. The predicted molar refractivity (Wildman–Crippen MR) is 247 cm³/mol. The third kappa shape index (κ3) is 5.12. The minimum atomic E-state index is 0.874. The second-order valence-electron chi connectivity index (χ2n) is 14.9. The van der Waals surface area contributed by atoms with Crippen LogP contribution in [0.2, 0.25) is 0 Å². The van der Waals surface area contributed by atoms with Crippen LogP contribution in [0.25, 0.3) is 91.9 Å². The van der Waals surface area contributed by atoms with E-state index in [0.717, 1.165) is 61.3 Å². The van der Waals surface area contributed by atoms with E-state index in [1.807, 2.05) is 11.3 Å². The highest BCUT2D eigenvalue weighted by molar-refractivity contribution is 7.25. The Hall–Kier alpha value is -7.40. The molecule has 0 bridgehead atoms. The normalized spacial score (nSPS) is 11.8. The molecule has 0 N–H and O–H groups in total. The largest absolute Gasteiger partial charge is 0.456 e. The Balaban J connectivity index is 1.17. The van der Waals surface area contributed by atoms with Crippen LogP contribution in [-0.4, -0.2) is 4.57 Å². The molecule has 3 aromatic heterocycles. The van der Waals surface area contributed by atoms with Crippen molar-refractivity contribution in [3.05, 3.63) is 206 Å². The minimum absolute atomic E-state index is 0.874. The molecule has 0 unspecified atom stereocenters. The average molecular weight is 759 g/mol. The van der Waals surface area contributed by atoms with E-state index in [0.29, 0.717) is 0 Å². The maximum atomic E-state index is 6.72. The quantitative estimate of drug-likeness (QED) is 0.168. The number of anilines is 3. The van der Waals surface area contributed by atoms with E-state index in [4.69, 9.17) is 4.42 Å². The molecule has 58 heavy (non-hydrogen) atoms. The Morgan fingerprint density at radius 2 is 1.00 bits per heavy atom. The zero-order valence-electron chi connectivity index (χ0n) is 31.3. The molecule has 12 rings (SSSR count). The van der Waals surface area contributed by atoms with Crippen molar-refractivity contribution in [2.45, 2.75) is 0 Å². The molecule has 3 nitrogen and oxygen atoms in total. The number of furan rings is 1. The molecule has 0 saturated heterocycles. The molecule has 12 aromatic rings. The zero-order chi connectivity index (χ0) is 38.2. The van der Waals surface area contributed by atoms with Crippen LogP contribution in [0.5, 0.6) is 0 Å². The SMILES string of the molecule is c1ccc(-c2ccc(-c3c4c(cc5c3c3cc(N(c6ccccc6)c6ccc7c(c6)sc6ccccc67)ccc3n5-c3ccccc3)oc3ccccc34)cc2)cc1. The molecule has 0 amide bonds.